The van der Waals surface area contributed by atoms with E-state index in [2.05, 4.69) is 34.1 Å². The summed E-state index contributed by atoms with van der Waals surface area (Å²) in [6, 6.07) is 17.5. The highest BCUT2D eigenvalue weighted by atomic mass is 16.5. The highest BCUT2D eigenvalue weighted by Gasteiger charge is 2.31. The number of rotatable bonds is 5. The van der Waals surface area contributed by atoms with E-state index < -0.39 is 0 Å². The average Bonchev–Trinajstić information content (AvgIpc) is 3.09. The number of piperazine rings is 1. The molecule has 2 aromatic carbocycles. The van der Waals surface area contributed by atoms with Gasteiger partial charge in [0.15, 0.2) is 0 Å². The summed E-state index contributed by atoms with van der Waals surface area (Å²) >= 11 is 0. The van der Waals surface area contributed by atoms with Crippen LogP contribution in [0.15, 0.2) is 48.5 Å². The molecule has 1 aliphatic carbocycles. The van der Waals surface area contributed by atoms with E-state index in [-0.39, 0.29) is 11.9 Å². The van der Waals surface area contributed by atoms with Crippen LogP contribution in [0.5, 0.6) is 0 Å². The van der Waals surface area contributed by atoms with Crippen molar-refractivity contribution in [2.75, 3.05) is 39.8 Å². The number of amides is 1. The first-order valence-electron chi connectivity index (χ1n) is 13.1. The van der Waals surface area contributed by atoms with Crippen LogP contribution in [0.4, 0.5) is 0 Å². The number of esters is 1. The zero-order chi connectivity index (χ0) is 24.2. The molecule has 2 heterocycles. The number of hydrogen-bond donors (Lipinski definition) is 0. The van der Waals surface area contributed by atoms with Gasteiger partial charge < -0.3 is 9.64 Å². The first-order chi connectivity index (χ1) is 17.1. The molecule has 6 nitrogen and oxygen atoms in total. The van der Waals surface area contributed by atoms with E-state index >= 15 is 0 Å². The number of aryl methyl sites for hydroxylation is 1. The third kappa shape index (κ3) is 5.60. The number of nitrogens with zero attached hydrogens (tertiary/aromatic N) is 3. The fourth-order valence-electron chi connectivity index (χ4n) is 6.10. The maximum atomic E-state index is 12.9. The van der Waals surface area contributed by atoms with Crippen LogP contribution in [0.3, 0.4) is 0 Å². The second-order valence-electron chi connectivity index (χ2n) is 10.2. The summed E-state index contributed by atoms with van der Waals surface area (Å²) in [4.78, 5) is 31.8. The van der Waals surface area contributed by atoms with Gasteiger partial charge in [-0.15, -0.1) is 0 Å². The fraction of sp³-hybridized carbons (Fsp3) is 0.517. The normalized spacial score (nSPS) is 24.0. The van der Waals surface area contributed by atoms with Crippen LogP contribution in [0, 0.1) is 0 Å². The van der Waals surface area contributed by atoms with Gasteiger partial charge in [-0.25, -0.2) is 4.79 Å². The number of benzene rings is 2. The molecule has 186 valence electrons. The van der Waals surface area contributed by atoms with E-state index in [0.29, 0.717) is 30.6 Å². The first kappa shape index (κ1) is 24.0. The standard InChI is InChI=1S/C29H37N3O3/c1-35-29(34)24-8-6-22(7-9-24)21-32-15-14-26(12-13-28(32)33)30-16-18-31(19-17-30)27-11-10-23-4-2-3-5-25(23)20-27/h2-9,26-27H,10-21H2,1H3/t26-,27+/m0/s1. The Bertz CT molecular complexity index is 1030. The monoisotopic (exact) mass is 475 g/mol. The van der Waals surface area contributed by atoms with E-state index in [1.165, 1.54) is 37.5 Å². The van der Waals surface area contributed by atoms with Crippen molar-refractivity contribution in [3.05, 3.63) is 70.8 Å². The second-order valence-corrected chi connectivity index (χ2v) is 10.2. The quantitative estimate of drug-likeness (QED) is 0.620. The van der Waals surface area contributed by atoms with Gasteiger partial charge in [0.1, 0.15) is 0 Å². The van der Waals surface area contributed by atoms with Crippen LogP contribution < -0.4 is 0 Å². The van der Waals surface area contributed by atoms with Crippen molar-refractivity contribution >= 4 is 11.9 Å². The van der Waals surface area contributed by atoms with Gasteiger partial charge in [-0.2, -0.15) is 0 Å². The molecule has 2 aliphatic heterocycles. The minimum Gasteiger partial charge on any atom is -0.465 e. The smallest absolute Gasteiger partial charge is 0.337 e. The zero-order valence-corrected chi connectivity index (χ0v) is 20.8. The fourth-order valence-corrected chi connectivity index (χ4v) is 6.10. The predicted molar refractivity (Wildman–Crippen MR) is 136 cm³/mol. The van der Waals surface area contributed by atoms with E-state index in [4.69, 9.17) is 4.74 Å². The molecule has 2 fully saturated rings. The van der Waals surface area contributed by atoms with Crippen LogP contribution >= 0.6 is 0 Å². The molecule has 0 bridgehead atoms. The molecule has 1 amide bonds. The summed E-state index contributed by atoms with van der Waals surface area (Å²) in [7, 11) is 1.39. The third-order valence-electron chi connectivity index (χ3n) is 8.23. The summed E-state index contributed by atoms with van der Waals surface area (Å²) < 4.78 is 4.77. The lowest BCUT2D eigenvalue weighted by atomic mass is 9.87. The van der Waals surface area contributed by atoms with Gasteiger partial charge in [-0.1, -0.05) is 36.4 Å². The van der Waals surface area contributed by atoms with Crippen molar-refractivity contribution in [3.63, 3.8) is 0 Å². The summed E-state index contributed by atoms with van der Waals surface area (Å²) in [6.07, 6.45) is 6.25. The van der Waals surface area contributed by atoms with Crippen LogP contribution in [0.25, 0.3) is 0 Å². The molecule has 2 aromatic rings. The van der Waals surface area contributed by atoms with Crippen LogP contribution in [-0.2, 0) is 28.9 Å². The number of likely N-dealkylation sites (tertiary alicyclic amines) is 1. The topological polar surface area (TPSA) is 53.1 Å². The highest BCUT2D eigenvalue weighted by molar-refractivity contribution is 5.89. The summed E-state index contributed by atoms with van der Waals surface area (Å²) in [5, 5.41) is 0. The molecule has 2 saturated heterocycles. The van der Waals surface area contributed by atoms with Crippen molar-refractivity contribution in [2.45, 2.75) is 57.2 Å². The Morgan fingerprint density at radius 3 is 2.20 bits per heavy atom. The summed E-state index contributed by atoms with van der Waals surface area (Å²) in [6.45, 7) is 5.87. The summed E-state index contributed by atoms with van der Waals surface area (Å²) in [5.41, 5.74) is 4.66. The minimum absolute atomic E-state index is 0.240. The van der Waals surface area contributed by atoms with Crippen molar-refractivity contribution in [1.82, 2.24) is 14.7 Å². The summed E-state index contributed by atoms with van der Waals surface area (Å²) in [5.74, 6) is -0.0947. The largest absolute Gasteiger partial charge is 0.465 e. The molecule has 2 atom stereocenters. The molecule has 0 spiro atoms. The Hall–Kier alpha value is -2.70. The number of hydrogen-bond acceptors (Lipinski definition) is 5. The molecule has 3 aliphatic rings. The lowest BCUT2D eigenvalue weighted by molar-refractivity contribution is -0.131. The second kappa shape index (κ2) is 10.9. The van der Waals surface area contributed by atoms with Gasteiger partial charge in [0.05, 0.1) is 12.7 Å². The predicted octanol–water partition coefficient (Wildman–Crippen LogP) is 3.53. The third-order valence-corrected chi connectivity index (χ3v) is 8.23. The highest BCUT2D eigenvalue weighted by Crippen LogP contribution is 2.27. The zero-order valence-electron chi connectivity index (χ0n) is 20.8. The Balaban J connectivity index is 1.12. The Labute approximate surface area is 208 Å². The molecule has 5 rings (SSSR count). The van der Waals surface area contributed by atoms with Gasteiger partial charge >= 0.3 is 5.97 Å². The van der Waals surface area contributed by atoms with Crippen molar-refractivity contribution in [1.29, 1.82) is 0 Å². The minimum atomic E-state index is -0.335. The molecule has 0 aromatic heterocycles. The van der Waals surface area contributed by atoms with Gasteiger partial charge in [0, 0.05) is 57.8 Å². The van der Waals surface area contributed by atoms with E-state index in [9.17, 15) is 9.59 Å². The molecule has 6 heteroatoms. The number of methoxy groups -OCH3 is 1. The van der Waals surface area contributed by atoms with Gasteiger partial charge in [0.2, 0.25) is 5.91 Å². The molecule has 0 N–H and O–H groups in total. The first-order valence-corrected chi connectivity index (χ1v) is 13.1. The maximum absolute atomic E-state index is 12.9. The van der Waals surface area contributed by atoms with Crippen LogP contribution in [0.2, 0.25) is 0 Å². The molecule has 35 heavy (non-hydrogen) atoms. The average molecular weight is 476 g/mol. The Morgan fingerprint density at radius 2 is 1.49 bits per heavy atom. The molecule has 0 radical (unpaired) electrons. The lowest BCUT2D eigenvalue weighted by Crippen LogP contribution is -2.54. The van der Waals surface area contributed by atoms with Crippen molar-refractivity contribution in [2.24, 2.45) is 0 Å². The molecule has 0 saturated carbocycles. The Morgan fingerprint density at radius 1 is 0.829 bits per heavy atom. The number of carbonyl (C=O) groups is 2. The van der Waals surface area contributed by atoms with E-state index in [1.807, 2.05) is 17.0 Å². The molecular formula is C29H37N3O3. The number of fused-ring (bicyclic) bond motifs is 1. The van der Waals surface area contributed by atoms with Crippen LogP contribution in [0.1, 0.15) is 52.7 Å². The lowest BCUT2D eigenvalue weighted by Gasteiger charge is -2.43. The van der Waals surface area contributed by atoms with Gasteiger partial charge in [0.25, 0.3) is 0 Å². The maximum Gasteiger partial charge on any atom is 0.337 e. The number of ether oxygens (including phenoxy) is 1. The van der Waals surface area contributed by atoms with Gasteiger partial charge in [-0.05, 0) is 60.9 Å². The Kier molecular flexibility index (Phi) is 7.49. The van der Waals surface area contributed by atoms with Crippen molar-refractivity contribution < 1.29 is 14.3 Å². The van der Waals surface area contributed by atoms with Crippen LogP contribution in [-0.4, -0.2) is 78.5 Å². The van der Waals surface area contributed by atoms with E-state index in [0.717, 1.165) is 51.1 Å². The van der Waals surface area contributed by atoms with Gasteiger partial charge in [-0.3, -0.25) is 14.6 Å². The molecular weight excluding hydrogens is 438 g/mol. The van der Waals surface area contributed by atoms with Crippen molar-refractivity contribution in [3.8, 4) is 0 Å². The SMILES string of the molecule is COC(=O)c1ccc(CN2CC[C@@H](N3CCN([C@@H]4CCc5ccccc5C4)CC3)CCC2=O)cc1. The molecule has 0 unspecified atom stereocenters. The van der Waals surface area contributed by atoms with E-state index in [1.54, 1.807) is 12.1 Å². The number of carbonyl (C=O) groups excluding carboxylic acids is 2.